The first-order valence-corrected chi connectivity index (χ1v) is 7.43. The summed E-state index contributed by atoms with van der Waals surface area (Å²) in [6, 6.07) is 7.29. The number of nitrogens with zero attached hydrogens (tertiary/aromatic N) is 1. The van der Waals surface area contributed by atoms with E-state index >= 15 is 0 Å². The summed E-state index contributed by atoms with van der Waals surface area (Å²) in [5.41, 5.74) is 0.501. The third kappa shape index (κ3) is 3.01. The number of hydrogen-bond donors (Lipinski definition) is 2. The summed E-state index contributed by atoms with van der Waals surface area (Å²) >= 11 is 0. The van der Waals surface area contributed by atoms with Crippen LogP contribution in [0.5, 0.6) is 0 Å². The number of anilines is 1. The smallest absolute Gasteiger partial charge is 0.329 e. The average Bonchev–Trinajstić information content (AvgIpc) is 2.44. The van der Waals surface area contributed by atoms with Crippen LogP contribution in [0.4, 0.5) is 5.69 Å². The van der Waals surface area contributed by atoms with Gasteiger partial charge in [0, 0.05) is 24.3 Å². The highest BCUT2D eigenvalue weighted by Gasteiger charge is 2.45. The number of rotatable bonds is 6. The second-order valence-electron chi connectivity index (χ2n) is 5.41. The van der Waals surface area contributed by atoms with Crippen LogP contribution in [0.15, 0.2) is 24.3 Å². The SMILES string of the molecule is CCN(CC)c1ccc(C(=O)NC2(C(=O)O)CCC2)cc1. The molecule has 0 aromatic heterocycles. The van der Waals surface area contributed by atoms with Crippen LogP contribution in [0.25, 0.3) is 0 Å². The van der Waals surface area contributed by atoms with Crippen LogP contribution < -0.4 is 10.2 Å². The van der Waals surface area contributed by atoms with Gasteiger partial charge in [-0.2, -0.15) is 0 Å². The zero-order valence-corrected chi connectivity index (χ0v) is 12.6. The molecule has 1 amide bonds. The van der Waals surface area contributed by atoms with Crippen LogP contribution in [-0.4, -0.2) is 35.6 Å². The minimum absolute atomic E-state index is 0.316. The molecule has 5 nitrogen and oxygen atoms in total. The first kappa shape index (κ1) is 15.4. The topological polar surface area (TPSA) is 69.6 Å². The van der Waals surface area contributed by atoms with Crippen molar-refractivity contribution in [1.82, 2.24) is 5.32 Å². The molecule has 1 saturated carbocycles. The maximum atomic E-state index is 12.2. The zero-order chi connectivity index (χ0) is 15.5. The molecule has 1 fully saturated rings. The van der Waals surface area contributed by atoms with Crippen molar-refractivity contribution in [1.29, 1.82) is 0 Å². The number of carbonyl (C=O) groups is 2. The Bertz CT molecular complexity index is 517. The quantitative estimate of drug-likeness (QED) is 0.843. The minimum atomic E-state index is -1.06. The first-order chi connectivity index (χ1) is 10.0. The van der Waals surface area contributed by atoms with Crippen molar-refractivity contribution in [3.05, 3.63) is 29.8 Å². The molecule has 0 saturated heterocycles. The molecule has 0 atom stereocenters. The molecule has 0 spiro atoms. The maximum Gasteiger partial charge on any atom is 0.329 e. The molecule has 0 heterocycles. The van der Waals surface area contributed by atoms with Gasteiger partial charge in [-0.05, 0) is 57.4 Å². The second-order valence-corrected chi connectivity index (χ2v) is 5.41. The van der Waals surface area contributed by atoms with Crippen molar-refractivity contribution in [2.45, 2.75) is 38.6 Å². The summed E-state index contributed by atoms with van der Waals surface area (Å²) in [5.74, 6) is -1.26. The van der Waals surface area contributed by atoms with E-state index in [1.165, 1.54) is 0 Å². The molecule has 21 heavy (non-hydrogen) atoms. The van der Waals surface area contributed by atoms with Gasteiger partial charge in [-0.15, -0.1) is 0 Å². The van der Waals surface area contributed by atoms with Gasteiger partial charge in [0.05, 0.1) is 0 Å². The minimum Gasteiger partial charge on any atom is -0.480 e. The number of carboxylic acid groups (broad SMARTS) is 1. The van der Waals surface area contributed by atoms with Crippen molar-refractivity contribution in [2.75, 3.05) is 18.0 Å². The predicted octanol–water partition coefficient (Wildman–Crippen LogP) is 2.27. The maximum absolute atomic E-state index is 12.2. The molecule has 1 aliphatic rings. The third-order valence-electron chi connectivity index (χ3n) is 4.23. The van der Waals surface area contributed by atoms with Gasteiger partial charge >= 0.3 is 5.97 Å². The molecule has 2 N–H and O–H groups in total. The lowest BCUT2D eigenvalue weighted by Crippen LogP contribution is -2.59. The second kappa shape index (κ2) is 6.16. The molecule has 114 valence electrons. The van der Waals surface area contributed by atoms with E-state index in [0.29, 0.717) is 18.4 Å². The molecule has 1 aromatic carbocycles. The summed E-state index contributed by atoms with van der Waals surface area (Å²) < 4.78 is 0. The normalized spacial score (nSPS) is 15.9. The highest BCUT2D eigenvalue weighted by Crippen LogP contribution is 2.32. The van der Waals surface area contributed by atoms with Crippen LogP contribution in [0.3, 0.4) is 0 Å². The molecule has 0 bridgehead atoms. The van der Waals surface area contributed by atoms with Gasteiger partial charge in [-0.25, -0.2) is 4.79 Å². The molecule has 0 radical (unpaired) electrons. The summed E-state index contributed by atoms with van der Waals surface area (Å²) in [6.45, 7) is 5.98. The predicted molar refractivity (Wildman–Crippen MR) is 81.7 cm³/mol. The average molecular weight is 290 g/mol. The van der Waals surface area contributed by atoms with E-state index in [9.17, 15) is 14.7 Å². The van der Waals surface area contributed by atoms with Crippen LogP contribution in [-0.2, 0) is 4.79 Å². The fourth-order valence-corrected chi connectivity index (χ4v) is 2.62. The lowest BCUT2D eigenvalue weighted by Gasteiger charge is -2.38. The van der Waals surface area contributed by atoms with Gasteiger partial charge in [0.15, 0.2) is 0 Å². The van der Waals surface area contributed by atoms with Gasteiger partial charge in [0.2, 0.25) is 0 Å². The van der Waals surface area contributed by atoms with E-state index in [2.05, 4.69) is 24.1 Å². The Balaban J connectivity index is 2.08. The van der Waals surface area contributed by atoms with E-state index in [1.54, 1.807) is 12.1 Å². The standard InChI is InChI=1S/C16H22N2O3/c1-3-18(4-2)13-8-6-12(7-9-13)14(19)17-16(15(20)21)10-5-11-16/h6-9H,3-5,10-11H2,1-2H3,(H,17,19)(H,20,21). The number of aliphatic carboxylic acids is 1. The number of hydrogen-bond acceptors (Lipinski definition) is 3. The highest BCUT2D eigenvalue weighted by molar-refractivity contribution is 5.98. The third-order valence-corrected chi connectivity index (χ3v) is 4.23. The first-order valence-electron chi connectivity index (χ1n) is 7.43. The molecule has 1 aromatic rings. The fraction of sp³-hybridized carbons (Fsp3) is 0.500. The van der Waals surface area contributed by atoms with Gasteiger partial charge < -0.3 is 15.3 Å². The summed E-state index contributed by atoms with van der Waals surface area (Å²) in [4.78, 5) is 25.6. The Morgan fingerprint density at radius 2 is 1.76 bits per heavy atom. The Labute approximate surface area is 125 Å². The number of carbonyl (C=O) groups excluding carboxylic acids is 1. The van der Waals surface area contributed by atoms with Gasteiger partial charge in [0.25, 0.3) is 5.91 Å². The molecule has 0 unspecified atom stereocenters. The molecule has 5 heteroatoms. The largest absolute Gasteiger partial charge is 0.480 e. The van der Waals surface area contributed by atoms with Crippen molar-refractivity contribution in [3.63, 3.8) is 0 Å². The van der Waals surface area contributed by atoms with Gasteiger partial charge in [-0.3, -0.25) is 4.79 Å². The molecular weight excluding hydrogens is 268 g/mol. The Kier molecular flexibility index (Phi) is 4.50. The summed E-state index contributed by atoms with van der Waals surface area (Å²) in [6.07, 6.45) is 1.85. The van der Waals surface area contributed by atoms with E-state index in [-0.39, 0.29) is 5.91 Å². The van der Waals surface area contributed by atoms with Crippen molar-refractivity contribution in [2.24, 2.45) is 0 Å². The van der Waals surface area contributed by atoms with Gasteiger partial charge in [-0.1, -0.05) is 0 Å². The van der Waals surface area contributed by atoms with E-state index in [1.807, 2.05) is 12.1 Å². The van der Waals surface area contributed by atoms with E-state index in [0.717, 1.165) is 25.2 Å². The Morgan fingerprint density at radius 3 is 2.14 bits per heavy atom. The lowest BCUT2D eigenvalue weighted by atomic mass is 9.76. The van der Waals surface area contributed by atoms with E-state index < -0.39 is 11.5 Å². The number of benzene rings is 1. The van der Waals surface area contributed by atoms with Crippen LogP contribution in [0, 0.1) is 0 Å². The van der Waals surface area contributed by atoms with Crippen LogP contribution >= 0.6 is 0 Å². The summed E-state index contributed by atoms with van der Waals surface area (Å²) in [5, 5.41) is 11.9. The number of amides is 1. The zero-order valence-electron chi connectivity index (χ0n) is 12.6. The summed E-state index contributed by atoms with van der Waals surface area (Å²) in [7, 11) is 0. The van der Waals surface area contributed by atoms with Crippen LogP contribution in [0.1, 0.15) is 43.5 Å². The van der Waals surface area contributed by atoms with Gasteiger partial charge in [0.1, 0.15) is 5.54 Å². The van der Waals surface area contributed by atoms with Crippen molar-refractivity contribution < 1.29 is 14.7 Å². The highest BCUT2D eigenvalue weighted by atomic mass is 16.4. The molecule has 1 aliphatic carbocycles. The monoisotopic (exact) mass is 290 g/mol. The Morgan fingerprint density at radius 1 is 1.19 bits per heavy atom. The number of carboxylic acids is 1. The fourth-order valence-electron chi connectivity index (χ4n) is 2.62. The van der Waals surface area contributed by atoms with Crippen LogP contribution in [0.2, 0.25) is 0 Å². The number of nitrogens with one attached hydrogen (secondary N) is 1. The molecule has 0 aliphatic heterocycles. The molecular formula is C16H22N2O3. The van der Waals surface area contributed by atoms with Crippen molar-refractivity contribution in [3.8, 4) is 0 Å². The Hall–Kier alpha value is -2.04. The molecule has 2 rings (SSSR count). The van der Waals surface area contributed by atoms with Crippen molar-refractivity contribution >= 4 is 17.6 Å². The lowest BCUT2D eigenvalue weighted by molar-refractivity contribution is -0.148. The van der Waals surface area contributed by atoms with E-state index in [4.69, 9.17) is 0 Å².